The largest absolute Gasteiger partial charge is 0.423 e. The van der Waals surface area contributed by atoms with E-state index in [0.717, 1.165) is 17.7 Å². The number of benzene rings is 1. The van der Waals surface area contributed by atoms with E-state index >= 15 is 0 Å². The van der Waals surface area contributed by atoms with Crippen LogP contribution >= 0.6 is 12.6 Å². The van der Waals surface area contributed by atoms with Crippen LogP contribution in [-0.2, 0) is 22.1 Å². The molecule has 0 radical (unpaired) electrons. The van der Waals surface area contributed by atoms with E-state index in [1.165, 1.54) is 17.0 Å². The Morgan fingerprint density at radius 1 is 1.25 bits per heavy atom. The van der Waals surface area contributed by atoms with Crippen LogP contribution in [0.5, 0.6) is 0 Å². The van der Waals surface area contributed by atoms with Crippen molar-refractivity contribution in [3.05, 3.63) is 69.3 Å². The standard InChI is InChI=1S/C25H24F3N3O4S/c1-24(2)22(33)31(17-6-4-16(14-29)19(13-17)25(26,27)28)23(36)30(24)10-3-11-34-18-7-8-20-15(12-18)5-9-21(32)35-20/h4-9,13,18,23,36H,3,10-12H2,1-2H3. The van der Waals surface area contributed by atoms with Crippen LogP contribution in [0.2, 0.25) is 0 Å². The highest BCUT2D eigenvalue weighted by molar-refractivity contribution is 7.81. The number of fused-ring (bicyclic) bond motifs is 1. The van der Waals surface area contributed by atoms with Gasteiger partial charge in [0.1, 0.15) is 11.3 Å². The predicted molar refractivity (Wildman–Crippen MR) is 129 cm³/mol. The highest BCUT2D eigenvalue weighted by Gasteiger charge is 2.51. The van der Waals surface area contributed by atoms with Crippen LogP contribution in [0, 0.1) is 11.3 Å². The molecule has 1 fully saturated rings. The maximum absolute atomic E-state index is 13.5. The second-order valence-electron chi connectivity index (χ2n) is 9.08. The molecule has 7 nitrogen and oxygen atoms in total. The fraction of sp³-hybridized carbons (Fsp3) is 0.400. The van der Waals surface area contributed by atoms with E-state index in [9.17, 15) is 22.8 Å². The van der Waals surface area contributed by atoms with E-state index in [0.29, 0.717) is 31.8 Å². The quantitative estimate of drug-likeness (QED) is 0.455. The zero-order valence-electron chi connectivity index (χ0n) is 19.6. The summed E-state index contributed by atoms with van der Waals surface area (Å²) in [6.45, 7) is 4.18. The van der Waals surface area contributed by atoms with Crippen LogP contribution in [0.1, 0.15) is 42.7 Å². The van der Waals surface area contributed by atoms with Crippen molar-refractivity contribution in [3.8, 4) is 6.07 Å². The van der Waals surface area contributed by atoms with Gasteiger partial charge in [0.2, 0.25) is 5.91 Å². The Morgan fingerprint density at radius 2 is 2.00 bits per heavy atom. The number of nitriles is 1. The van der Waals surface area contributed by atoms with Crippen LogP contribution in [0.15, 0.2) is 45.6 Å². The molecule has 0 saturated carbocycles. The molecule has 1 aromatic carbocycles. The molecule has 2 atom stereocenters. The summed E-state index contributed by atoms with van der Waals surface area (Å²) in [6.07, 6.45) is -0.290. The van der Waals surface area contributed by atoms with E-state index in [4.69, 9.17) is 14.4 Å². The lowest BCUT2D eigenvalue weighted by atomic mass is 10.0. The molecular weight excluding hydrogens is 495 g/mol. The van der Waals surface area contributed by atoms with Gasteiger partial charge in [-0.25, -0.2) is 4.79 Å². The number of thiol groups is 1. The molecule has 2 aromatic rings. The van der Waals surface area contributed by atoms with Crippen molar-refractivity contribution in [3.63, 3.8) is 0 Å². The summed E-state index contributed by atoms with van der Waals surface area (Å²) in [5.74, 6) is 0.128. The Kier molecular flexibility index (Phi) is 7.05. The summed E-state index contributed by atoms with van der Waals surface area (Å²) in [5.41, 5.74) is -2.93. The molecule has 36 heavy (non-hydrogen) atoms. The van der Waals surface area contributed by atoms with Crippen molar-refractivity contribution >= 4 is 30.3 Å². The molecule has 190 valence electrons. The summed E-state index contributed by atoms with van der Waals surface area (Å²) in [7, 11) is 0. The van der Waals surface area contributed by atoms with Crippen molar-refractivity contribution in [1.82, 2.24) is 4.90 Å². The van der Waals surface area contributed by atoms with Crippen molar-refractivity contribution < 1.29 is 27.1 Å². The fourth-order valence-electron chi connectivity index (χ4n) is 4.44. The molecule has 1 saturated heterocycles. The van der Waals surface area contributed by atoms with E-state index in [1.54, 1.807) is 37.0 Å². The average Bonchev–Trinajstić information content (AvgIpc) is 2.99. The molecule has 0 spiro atoms. The maximum Gasteiger partial charge on any atom is 0.417 e. The lowest BCUT2D eigenvalue weighted by Gasteiger charge is -2.31. The number of carbonyl (C=O) groups is 1. The topological polar surface area (TPSA) is 86.8 Å². The third kappa shape index (κ3) is 4.93. The summed E-state index contributed by atoms with van der Waals surface area (Å²) < 4.78 is 51.5. The first kappa shape index (κ1) is 26.0. The van der Waals surface area contributed by atoms with Crippen LogP contribution in [0.3, 0.4) is 0 Å². The maximum atomic E-state index is 13.5. The molecule has 2 aliphatic rings. The Balaban J connectivity index is 1.42. The Morgan fingerprint density at radius 3 is 2.69 bits per heavy atom. The number of halogens is 3. The molecule has 2 unspecified atom stereocenters. The van der Waals surface area contributed by atoms with E-state index in [-0.39, 0.29) is 11.8 Å². The zero-order chi connectivity index (χ0) is 26.3. The first-order valence-electron chi connectivity index (χ1n) is 11.3. The summed E-state index contributed by atoms with van der Waals surface area (Å²) in [6, 6.07) is 7.84. The second-order valence-corrected chi connectivity index (χ2v) is 9.55. The molecule has 0 bridgehead atoms. The van der Waals surface area contributed by atoms with Crippen molar-refractivity contribution in [2.24, 2.45) is 0 Å². The molecule has 1 aliphatic heterocycles. The van der Waals surface area contributed by atoms with Gasteiger partial charge in [-0.05, 0) is 56.2 Å². The molecule has 0 N–H and O–H groups in total. The first-order chi connectivity index (χ1) is 16.9. The SMILES string of the molecule is CC1(C)C(=O)N(c2ccc(C#N)c(C(F)(F)F)c2)C(S)N1CCCOC1C=Cc2oc(=O)ccc2C1. The van der Waals surface area contributed by atoms with Gasteiger partial charge in [-0.2, -0.15) is 18.4 Å². The van der Waals surface area contributed by atoms with Gasteiger partial charge in [0.05, 0.1) is 28.8 Å². The summed E-state index contributed by atoms with van der Waals surface area (Å²) >= 11 is 4.56. The van der Waals surface area contributed by atoms with Crippen molar-refractivity contribution in [1.29, 1.82) is 5.26 Å². The third-order valence-corrected chi connectivity index (χ3v) is 6.89. The minimum absolute atomic E-state index is 0.0239. The van der Waals surface area contributed by atoms with E-state index < -0.39 is 39.9 Å². The number of alkyl halides is 3. The molecule has 1 aliphatic carbocycles. The molecule has 4 rings (SSSR count). The number of carbonyl (C=O) groups excluding carboxylic acids is 1. The van der Waals surface area contributed by atoms with Gasteiger partial charge in [-0.3, -0.25) is 14.6 Å². The molecule has 1 amide bonds. The lowest BCUT2D eigenvalue weighted by Crippen LogP contribution is -2.45. The van der Waals surface area contributed by atoms with Crippen LogP contribution in [0.25, 0.3) is 6.08 Å². The molecule has 11 heteroatoms. The van der Waals surface area contributed by atoms with Crippen LogP contribution in [0.4, 0.5) is 18.9 Å². The monoisotopic (exact) mass is 519 g/mol. The number of hydrogen-bond acceptors (Lipinski definition) is 7. The number of anilines is 1. The highest BCUT2D eigenvalue weighted by Crippen LogP contribution is 2.40. The van der Waals surface area contributed by atoms with Crippen molar-refractivity contribution in [2.75, 3.05) is 18.1 Å². The van der Waals surface area contributed by atoms with Gasteiger partial charge >= 0.3 is 11.8 Å². The van der Waals surface area contributed by atoms with E-state index in [1.807, 2.05) is 6.08 Å². The van der Waals surface area contributed by atoms with Gasteiger partial charge in [-0.1, -0.05) is 6.08 Å². The summed E-state index contributed by atoms with van der Waals surface area (Å²) in [5, 5.41) is 9.05. The minimum Gasteiger partial charge on any atom is -0.423 e. The summed E-state index contributed by atoms with van der Waals surface area (Å²) in [4.78, 5) is 27.6. The predicted octanol–water partition coefficient (Wildman–Crippen LogP) is 4.22. The average molecular weight is 520 g/mol. The Labute approximate surface area is 211 Å². The Bertz CT molecular complexity index is 1300. The lowest BCUT2D eigenvalue weighted by molar-refractivity contribution is -0.137. The van der Waals surface area contributed by atoms with Crippen LogP contribution in [-0.4, -0.2) is 41.1 Å². The van der Waals surface area contributed by atoms with Crippen LogP contribution < -0.4 is 10.5 Å². The number of rotatable bonds is 6. The third-order valence-electron chi connectivity index (χ3n) is 6.38. The minimum atomic E-state index is -4.73. The van der Waals surface area contributed by atoms with Crippen molar-refractivity contribution in [2.45, 2.75) is 50.0 Å². The first-order valence-corrected chi connectivity index (χ1v) is 11.8. The zero-order valence-corrected chi connectivity index (χ0v) is 20.5. The number of ether oxygens (including phenoxy) is 1. The fourth-order valence-corrected chi connectivity index (χ4v) is 5.08. The number of hydrogen-bond donors (Lipinski definition) is 1. The van der Waals surface area contributed by atoms with Gasteiger partial charge in [0.15, 0.2) is 0 Å². The molecule has 2 heterocycles. The highest BCUT2D eigenvalue weighted by atomic mass is 32.1. The Hall–Kier alpha value is -3.07. The second kappa shape index (κ2) is 9.76. The van der Waals surface area contributed by atoms with Gasteiger partial charge in [0, 0.05) is 31.3 Å². The van der Waals surface area contributed by atoms with E-state index in [2.05, 4.69) is 12.6 Å². The number of amides is 1. The smallest absolute Gasteiger partial charge is 0.417 e. The van der Waals surface area contributed by atoms with Gasteiger partial charge in [-0.15, -0.1) is 12.6 Å². The molecule has 1 aromatic heterocycles. The normalized spacial score (nSPS) is 21.5. The molecular formula is C25H24F3N3O4S. The number of nitrogens with zero attached hydrogens (tertiary/aromatic N) is 3. The van der Waals surface area contributed by atoms with Gasteiger partial charge < -0.3 is 9.15 Å². The van der Waals surface area contributed by atoms with Gasteiger partial charge in [0.25, 0.3) is 0 Å².